The number of carbonyl (C=O) groups is 2. The summed E-state index contributed by atoms with van der Waals surface area (Å²) in [7, 11) is 1.93. The zero-order valence-corrected chi connectivity index (χ0v) is 18.3. The number of H-pyrrole nitrogens is 1. The molecule has 0 bridgehead atoms. The molecule has 6 nitrogen and oxygen atoms in total. The van der Waals surface area contributed by atoms with E-state index in [1.165, 1.54) is 11.1 Å². The molecule has 0 atom stereocenters. The van der Waals surface area contributed by atoms with E-state index in [-0.39, 0.29) is 24.2 Å². The van der Waals surface area contributed by atoms with Gasteiger partial charge in [0.05, 0.1) is 33.2 Å². The molecule has 32 heavy (non-hydrogen) atoms. The van der Waals surface area contributed by atoms with Crippen molar-refractivity contribution in [1.29, 1.82) is 0 Å². The molecule has 5 aromatic rings. The molecule has 2 aromatic heterocycles. The van der Waals surface area contributed by atoms with E-state index in [0.717, 1.165) is 63.0 Å². The van der Waals surface area contributed by atoms with E-state index < -0.39 is 0 Å². The molecule has 0 fully saturated rings. The second-order valence-electron chi connectivity index (χ2n) is 8.57. The third-order valence-corrected chi connectivity index (χ3v) is 6.95. The highest BCUT2D eigenvalue weighted by molar-refractivity contribution is 6.39. The lowest BCUT2D eigenvalue weighted by atomic mass is 9.96. The van der Waals surface area contributed by atoms with Crippen molar-refractivity contribution in [3.63, 3.8) is 0 Å². The topological polar surface area (TPSA) is 78.9 Å². The van der Waals surface area contributed by atoms with Gasteiger partial charge in [-0.25, -0.2) is 0 Å². The van der Waals surface area contributed by atoms with Crippen LogP contribution in [0.1, 0.15) is 38.3 Å². The number of nitrogens with zero attached hydrogens (tertiary/aromatic N) is 1. The number of nitrogens with one attached hydrogen (secondary N) is 3. The van der Waals surface area contributed by atoms with Crippen LogP contribution in [0.15, 0.2) is 36.4 Å². The Morgan fingerprint density at radius 2 is 1.69 bits per heavy atom. The summed E-state index contributed by atoms with van der Waals surface area (Å²) in [5.41, 5.74) is 7.66. The molecule has 0 saturated heterocycles. The number of benzene rings is 3. The molecule has 2 amide bonds. The highest BCUT2D eigenvalue weighted by Gasteiger charge is 2.36. The van der Waals surface area contributed by atoms with Gasteiger partial charge in [-0.1, -0.05) is 36.4 Å². The number of aromatic nitrogens is 2. The third-order valence-electron chi connectivity index (χ3n) is 6.95. The monoisotopic (exact) mass is 444 g/mol. The lowest BCUT2D eigenvalue weighted by molar-refractivity contribution is 0.0880. The van der Waals surface area contributed by atoms with Crippen LogP contribution >= 0.6 is 12.4 Å². The average molecular weight is 445 g/mol. The normalized spacial score (nSPS) is 15.0. The van der Waals surface area contributed by atoms with Gasteiger partial charge in [-0.2, -0.15) is 0 Å². The van der Waals surface area contributed by atoms with Crippen molar-refractivity contribution in [1.82, 2.24) is 20.2 Å². The summed E-state index contributed by atoms with van der Waals surface area (Å²) in [5.74, 6) is -0.602. The first-order chi connectivity index (χ1) is 15.2. The van der Waals surface area contributed by atoms with Crippen LogP contribution in [0, 0.1) is 0 Å². The minimum absolute atomic E-state index is 0. The van der Waals surface area contributed by atoms with E-state index in [1.54, 1.807) is 0 Å². The number of fused-ring (bicyclic) bond motifs is 10. The molecule has 0 saturated carbocycles. The lowest BCUT2D eigenvalue weighted by Crippen LogP contribution is -2.20. The van der Waals surface area contributed by atoms with Crippen LogP contribution < -0.4 is 10.6 Å². The van der Waals surface area contributed by atoms with Crippen LogP contribution in [0.25, 0.3) is 43.6 Å². The molecular formula is C25H21ClN4O2. The van der Waals surface area contributed by atoms with Gasteiger partial charge in [-0.3, -0.25) is 14.9 Å². The molecule has 4 heterocycles. The smallest absolute Gasteiger partial charge is 0.259 e. The Morgan fingerprint density at radius 3 is 2.50 bits per heavy atom. The van der Waals surface area contributed by atoms with E-state index in [1.807, 2.05) is 19.2 Å². The van der Waals surface area contributed by atoms with Gasteiger partial charge < -0.3 is 14.9 Å². The Labute approximate surface area is 189 Å². The van der Waals surface area contributed by atoms with Gasteiger partial charge >= 0.3 is 0 Å². The van der Waals surface area contributed by atoms with Crippen LogP contribution in [-0.2, 0) is 19.5 Å². The molecule has 0 radical (unpaired) electrons. The molecule has 0 spiro atoms. The molecule has 0 aliphatic carbocycles. The predicted octanol–water partition coefficient (Wildman–Crippen LogP) is 4.40. The Balaban J connectivity index is 0.00000196. The van der Waals surface area contributed by atoms with Crippen molar-refractivity contribution in [2.75, 3.05) is 7.05 Å². The number of imide groups is 1. The first-order valence-electron chi connectivity index (χ1n) is 10.7. The Morgan fingerprint density at radius 1 is 0.938 bits per heavy atom. The maximum Gasteiger partial charge on any atom is 0.259 e. The predicted molar refractivity (Wildman–Crippen MR) is 129 cm³/mol. The van der Waals surface area contributed by atoms with Crippen molar-refractivity contribution in [2.24, 2.45) is 0 Å². The van der Waals surface area contributed by atoms with Crippen molar-refractivity contribution >= 4 is 67.8 Å². The number of para-hydroxylation sites is 2. The highest BCUT2D eigenvalue weighted by Crippen LogP contribution is 2.45. The number of hydrogen-bond acceptors (Lipinski definition) is 3. The molecule has 3 aromatic carbocycles. The summed E-state index contributed by atoms with van der Waals surface area (Å²) in [6, 6.07) is 12.5. The zero-order valence-electron chi connectivity index (χ0n) is 17.5. The molecule has 160 valence electrons. The van der Waals surface area contributed by atoms with Crippen molar-refractivity contribution in [3.05, 3.63) is 58.7 Å². The summed E-state index contributed by atoms with van der Waals surface area (Å²) in [5, 5.41) is 9.59. The SMILES string of the molecule is CNCc1cccc2c1[nH]c1c2c2c(c3c4cccc5c4n(c13)CCC5)C(=O)NC2=O.Cl. The lowest BCUT2D eigenvalue weighted by Gasteiger charge is -2.16. The van der Waals surface area contributed by atoms with Gasteiger partial charge in [0.1, 0.15) is 0 Å². The minimum atomic E-state index is -0.307. The summed E-state index contributed by atoms with van der Waals surface area (Å²) in [6.07, 6.45) is 2.09. The number of rotatable bonds is 2. The van der Waals surface area contributed by atoms with Gasteiger partial charge in [-0.15, -0.1) is 12.4 Å². The van der Waals surface area contributed by atoms with Gasteiger partial charge in [0.15, 0.2) is 0 Å². The van der Waals surface area contributed by atoms with Crippen LogP contribution in [-0.4, -0.2) is 28.4 Å². The minimum Gasteiger partial charge on any atom is -0.352 e. The van der Waals surface area contributed by atoms with Crippen LogP contribution in [0.2, 0.25) is 0 Å². The molecule has 2 aliphatic rings. The maximum absolute atomic E-state index is 13.0. The fourth-order valence-corrected chi connectivity index (χ4v) is 5.84. The average Bonchev–Trinajstić information content (AvgIpc) is 3.40. The highest BCUT2D eigenvalue weighted by atomic mass is 35.5. The van der Waals surface area contributed by atoms with Gasteiger partial charge in [-0.05, 0) is 31.0 Å². The van der Waals surface area contributed by atoms with Crippen LogP contribution in [0.3, 0.4) is 0 Å². The first kappa shape index (κ1) is 19.3. The number of aromatic amines is 1. The Kier molecular flexibility index (Phi) is 3.97. The number of carbonyl (C=O) groups excluding carboxylic acids is 2. The largest absolute Gasteiger partial charge is 0.352 e. The Hall–Kier alpha value is -3.35. The fraction of sp³-hybridized carbons (Fsp3) is 0.200. The molecule has 7 heteroatoms. The molecule has 0 unspecified atom stereocenters. The standard InChI is InChI=1S/C25H20N4O2.ClH/c1-26-11-13-6-3-8-14-16-18-19(25(31)28-24(18)30)17-15-9-2-5-12-7-4-10-29(22(12)15)23(17)21(16)27-20(13)14;/h2-3,5-6,8-9,26-27H,4,7,10-11H2,1H3,(H,28,30,31);1H. The number of halogens is 1. The van der Waals surface area contributed by atoms with E-state index in [0.29, 0.717) is 17.7 Å². The van der Waals surface area contributed by atoms with Crippen molar-refractivity contribution < 1.29 is 9.59 Å². The van der Waals surface area contributed by atoms with E-state index >= 15 is 0 Å². The van der Waals surface area contributed by atoms with Crippen molar-refractivity contribution in [2.45, 2.75) is 25.9 Å². The number of aryl methyl sites for hydroxylation is 2. The quantitative estimate of drug-likeness (QED) is 0.353. The summed E-state index contributed by atoms with van der Waals surface area (Å²) in [6.45, 7) is 1.62. The number of amides is 2. The summed E-state index contributed by atoms with van der Waals surface area (Å²) < 4.78 is 2.36. The van der Waals surface area contributed by atoms with Crippen molar-refractivity contribution in [3.8, 4) is 0 Å². The summed E-state index contributed by atoms with van der Waals surface area (Å²) >= 11 is 0. The first-order valence-corrected chi connectivity index (χ1v) is 10.7. The molecule has 3 N–H and O–H groups in total. The fourth-order valence-electron chi connectivity index (χ4n) is 5.84. The third kappa shape index (κ3) is 2.18. The van der Waals surface area contributed by atoms with Gasteiger partial charge in [0, 0.05) is 34.6 Å². The number of hydrogen-bond donors (Lipinski definition) is 3. The van der Waals surface area contributed by atoms with Gasteiger partial charge in [0.25, 0.3) is 11.8 Å². The van der Waals surface area contributed by atoms with E-state index in [2.05, 4.69) is 44.5 Å². The van der Waals surface area contributed by atoms with E-state index in [4.69, 9.17) is 0 Å². The van der Waals surface area contributed by atoms with Crippen LogP contribution in [0.4, 0.5) is 0 Å². The Bertz CT molecular complexity index is 1640. The molecular weight excluding hydrogens is 424 g/mol. The molecule has 7 rings (SSSR count). The van der Waals surface area contributed by atoms with E-state index in [9.17, 15) is 9.59 Å². The van der Waals surface area contributed by atoms with Gasteiger partial charge in [0.2, 0.25) is 0 Å². The second-order valence-corrected chi connectivity index (χ2v) is 8.57. The maximum atomic E-state index is 13.0. The summed E-state index contributed by atoms with van der Waals surface area (Å²) in [4.78, 5) is 29.7. The second kappa shape index (κ2) is 6.58. The van der Waals surface area contributed by atoms with Crippen LogP contribution in [0.5, 0.6) is 0 Å². The zero-order chi connectivity index (χ0) is 20.9. The molecule has 2 aliphatic heterocycles.